The fraction of sp³-hybridized carbons (Fsp3) is 0.667. The second kappa shape index (κ2) is 7.34. The van der Waals surface area contributed by atoms with Crippen LogP contribution in [0.5, 0.6) is 5.75 Å². The molecule has 4 nitrogen and oxygen atoms in total. The number of likely N-dealkylation sites (N-methyl/N-ethyl adjacent to an activating group) is 1. The van der Waals surface area contributed by atoms with E-state index in [1.54, 1.807) is 6.20 Å². The lowest BCUT2D eigenvalue weighted by molar-refractivity contribution is 0.242. The number of rotatable bonds is 7. The predicted octanol–water partition coefficient (Wildman–Crippen LogP) is 2.87. The molecule has 0 aliphatic carbocycles. The van der Waals surface area contributed by atoms with Gasteiger partial charge < -0.3 is 15.0 Å². The van der Waals surface area contributed by atoms with Crippen molar-refractivity contribution >= 4 is 5.82 Å². The molecule has 1 rings (SSSR count). The average Bonchev–Trinajstić information content (AvgIpc) is 2.29. The van der Waals surface area contributed by atoms with Crippen molar-refractivity contribution in [3.63, 3.8) is 0 Å². The zero-order valence-corrected chi connectivity index (χ0v) is 13.0. The maximum absolute atomic E-state index is 5.79. The SMILES string of the molecule is CC(C)Oc1cccnc1NC(CN(C)C)C(C)C. The molecule has 0 saturated heterocycles. The summed E-state index contributed by atoms with van der Waals surface area (Å²) in [4.78, 5) is 6.59. The zero-order chi connectivity index (χ0) is 14.4. The monoisotopic (exact) mass is 265 g/mol. The highest BCUT2D eigenvalue weighted by Crippen LogP contribution is 2.24. The van der Waals surface area contributed by atoms with E-state index >= 15 is 0 Å². The van der Waals surface area contributed by atoms with Gasteiger partial charge in [0.15, 0.2) is 11.6 Å². The summed E-state index contributed by atoms with van der Waals surface area (Å²) in [5.41, 5.74) is 0. The lowest BCUT2D eigenvalue weighted by atomic mass is 10.0. The molecule has 0 aromatic carbocycles. The standard InChI is InChI=1S/C15H27N3O/c1-11(2)13(10-18(5)6)17-15-14(19-12(3)4)8-7-9-16-15/h7-9,11-13H,10H2,1-6H3,(H,16,17). The molecule has 1 heterocycles. The molecule has 108 valence electrons. The van der Waals surface area contributed by atoms with Gasteiger partial charge in [-0.25, -0.2) is 4.98 Å². The third-order valence-electron chi connectivity index (χ3n) is 2.82. The summed E-state index contributed by atoms with van der Waals surface area (Å²) in [6, 6.07) is 4.21. The van der Waals surface area contributed by atoms with Crippen LogP contribution in [0, 0.1) is 5.92 Å². The Hall–Kier alpha value is -1.29. The fourth-order valence-electron chi connectivity index (χ4n) is 1.84. The molecule has 0 spiro atoms. The van der Waals surface area contributed by atoms with Crippen molar-refractivity contribution in [3.05, 3.63) is 18.3 Å². The van der Waals surface area contributed by atoms with Crippen LogP contribution in [0.2, 0.25) is 0 Å². The van der Waals surface area contributed by atoms with Crippen LogP contribution in [0.25, 0.3) is 0 Å². The molecule has 1 unspecified atom stereocenters. The topological polar surface area (TPSA) is 37.4 Å². The molecule has 1 aromatic rings. The van der Waals surface area contributed by atoms with Crippen molar-refractivity contribution < 1.29 is 4.74 Å². The first kappa shape index (κ1) is 15.8. The van der Waals surface area contributed by atoms with Crippen molar-refractivity contribution in [1.82, 2.24) is 9.88 Å². The Balaban J connectivity index is 2.83. The summed E-state index contributed by atoms with van der Waals surface area (Å²) in [7, 11) is 4.17. The number of pyridine rings is 1. The minimum absolute atomic E-state index is 0.149. The third-order valence-corrected chi connectivity index (χ3v) is 2.82. The van der Waals surface area contributed by atoms with E-state index in [-0.39, 0.29) is 6.10 Å². The summed E-state index contributed by atoms with van der Waals surface area (Å²) in [6.07, 6.45) is 1.94. The van der Waals surface area contributed by atoms with Crippen LogP contribution in [0.4, 0.5) is 5.82 Å². The minimum Gasteiger partial charge on any atom is -0.487 e. The molecular weight excluding hydrogens is 238 g/mol. The van der Waals surface area contributed by atoms with E-state index < -0.39 is 0 Å². The van der Waals surface area contributed by atoms with Crippen molar-refractivity contribution in [2.24, 2.45) is 5.92 Å². The van der Waals surface area contributed by atoms with Crippen molar-refractivity contribution in [3.8, 4) is 5.75 Å². The van der Waals surface area contributed by atoms with Gasteiger partial charge in [-0.15, -0.1) is 0 Å². The molecule has 19 heavy (non-hydrogen) atoms. The highest BCUT2D eigenvalue weighted by Gasteiger charge is 2.17. The number of hydrogen-bond donors (Lipinski definition) is 1. The van der Waals surface area contributed by atoms with Gasteiger partial charge in [-0.3, -0.25) is 0 Å². The summed E-state index contributed by atoms with van der Waals surface area (Å²) >= 11 is 0. The van der Waals surface area contributed by atoms with Crippen LogP contribution in [-0.4, -0.2) is 42.7 Å². The van der Waals surface area contributed by atoms with E-state index in [1.807, 2.05) is 26.0 Å². The fourth-order valence-corrected chi connectivity index (χ4v) is 1.84. The first-order valence-electron chi connectivity index (χ1n) is 6.93. The molecule has 0 aliphatic heterocycles. The van der Waals surface area contributed by atoms with Crippen LogP contribution in [0.15, 0.2) is 18.3 Å². The smallest absolute Gasteiger partial charge is 0.169 e. The molecule has 1 aromatic heterocycles. The molecule has 0 aliphatic rings. The highest BCUT2D eigenvalue weighted by molar-refractivity contribution is 5.50. The van der Waals surface area contributed by atoms with Gasteiger partial charge in [0.05, 0.1) is 6.10 Å². The number of hydrogen-bond acceptors (Lipinski definition) is 4. The van der Waals surface area contributed by atoms with E-state index in [9.17, 15) is 0 Å². The van der Waals surface area contributed by atoms with Gasteiger partial charge >= 0.3 is 0 Å². The Kier molecular flexibility index (Phi) is 6.09. The predicted molar refractivity (Wildman–Crippen MR) is 80.8 cm³/mol. The normalized spacial score (nSPS) is 13.1. The van der Waals surface area contributed by atoms with E-state index in [0.29, 0.717) is 12.0 Å². The Labute approximate surface area is 117 Å². The van der Waals surface area contributed by atoms with Gasteiger partial charge in [0.2, 0.25) is 0 Å². The Morgan fingerprint density at radius 3 is 2.47 bits per heavy atom. The van der Waals surface area contributed by atoms with Gasteiger partial charge in [-0.05, 0) is 46.0 Å². The van der Waals surface area contributed by atoms with Crippen molar-refractivity contribution in [2.75, 3.05) is 26.0 Å². The van der Waals surface area contributed by atoms with Gasteiger partial charge in [0.25, 0.3) is 0 Å². The van der Waals surface area contributed by atoms with Crippen molar-refractivity contribution in [2.45, 2.75) is 39.8 Å². The maximum Gasteiger partial charge on any atom is 0.169 e. The van der Waals surface area contributed by atoms with E-state index in [2.05, 4.69) is 43.1 Å². The van der Waals surface area contributed by atoms with E-state index in [4.69, 9.17) is 4.74 Å². The third kappa shape index (κ3) is 5.47. The number of nitrogens with zero attached hydrogens (tertiary/aromatic N) is 2. The molecule has 0 amide bonds. The second-order valence-electron chi connectivity index (χ2n) is 5.77. The first-order chi connectivity index (χ1) is 8.90. The quantitative estimate of drug-likeness (QED) is 0.822. The van der Waals surface area contributed by atoms with Gasteiger partial charge in [0, 0.05) is 18.8 Å². The number of ether oxygens (including phenoxy) is 1. The summed E-state index contributed by atoms with van der Waals surface area (Å²) in [5, 5.41) is 3.51. The second-order valence-corrected chi connectivity index (χ2v) is 5.77. The van der Waals surface area contributed by atoms with Gasteiger partial charge in [0.1, 0.15) is 0 Å². The van der Waals surface area contributed by atoms with Crippen LogP contribution < -0.4 is 10.1 Å². The Morgan fingerprint density at radius 1 is 1.26 bits per heavy atom. The van der Waals surface area contributed by atoms with Crippen LogP contribution >= 0.6 is 0 Å². The van der Waals surface area contributed by atoms with E-state index in [1.165, 1.54) is 0 Å². The summed E-state index contributed by atoms with van der Waals surface area (Å²) < 4.78 is 5.79. The molecule has 0 radical (unpaired) electrons. The summed E-state index contributed by atoms with van der Waals surface area (Å²) in [5.74, 6) is 2.18. The minimum atomic E-state index is 0.149. The Morgan fingerprint density at radius 2 is 1.95 bits per heavy atom. The molecule has 4 heteroatoms. The lowest BCUT2D eigenvalue weighted by Crippen LogP contribution is -2.36. The number of aromatic nitrogens is 1. The van der Waals surface area contributed by atoms with Crippen LogP contribution in [0.1, 0.15) is 27.7 Å². The molecule has 0 saturated carbocycles. The number of anilines is 1. The molecule has 1 atom stereocenters. The lowest BCUT2D eigenvalue weighted by Gasteiger charge is -2.27. The number of nitrogens with one attached hydrogen (secondary N) is 1. The zero-order valence-electron chi connectivity index (χ0n) is 13.0. The van der Waals surface area contributed by atoms with Gasteiger partial charge in [-0.1, -0.05) is 13.8 Å². The molecule has 0 fully saturated rings. The molecular formula is C15H27N3O. The molecule has 0 bridgehead atoms. The summed E-state index contributed by atoms with van der Waals surface area (Å²) in [6.45, 7) is 9.45. The average molecular weight is 265 g/mol. The van der Waals surface area contributed by atoms with Crippen LogP contribution in [0.3, 0.4) is 0 Å². The Bertz CT molecular complexity index is 377. The highest BCUT2D eigenvalue weighted by atomic mass is 16.5. The van der Waals surface area contributed by atoms with E-state index in [0.717, 1.165) is 18.1 Å². The van der Waals surface area contributed by atoms with Crippen molar-refractivity contribution in [1.29, 1.82) is 0 Å². The van der Waals surface area contributed by atoms with Gasteiger partial charge in [-0.2, -0.15) is 0 Å². The largest absolute Gasteiger partial charge is 0.487 e. The first-order valence-corrected chi connectivity index (χ1v) is 6.93. The molecule has 1 N–H and O–H groups in total. The van der Waals surface area contributed by atoms with Crippen LogP contribution in [-0.2, 0) is 0 Å². The maximum atomic E-state index is 5.79.